The lowest BCUT2D eigenvalue weighted by molar-refractivity contribution is 0.0533. The average Bonchev–Trinajstić information content (AvgIpc) is 2.66. The summed E-state index contributed by atoms with van der Waals surface area (Å²) in [6.07, 6.45) is 7.66. The zero-order valence-corrected chi connectivity index (χ0v) is 17.8. The molecule has 1 heterocycles. The monoisotopic (exact) mass is 408 g/mol. The number of rotatable bonds is 8. The smallest absolute Gasteiger partial charge is 0.409 e. The molecule has 1 aliphatic heterocycles. The van der Waals surface area contributed by atoms with Crippen molar-refractivity contribution in [2.24, 2.45) is 0 Å². The number of hydrogen-bond donors (Lipinski definition) is 0. The maximum Gasteiger partial charge on any atom is 0.409 e. The van der Waals surface area contributed by atoms with E-state index in [1.807, 2.05) is 7.05 Å². The lowest BCUT2D eigenvalue weighted by atomic mass is 9.86. The second-order valence-corrected chi connectivity index (χ2v) is 7.51. The quantitative estimate of drug-likeness (QED) is 0.483. The summed E-state index contributed by atoms with van der Waals surface area (Å²) in [6, 6.07) is 11.5. The van der Waals surface area contributed by atoms with Crippen LogP contribution in [0.1, 0.15) is 31.2 Å². The highest BCUT2D eigenvalue weighted by atomic mass is 35.5. The van der Waals surface area contributed by atoms with Crippen molar-refractivity contribution in [2.75, 3.05) is 40.5 Å². The average molecular weight is 409 g/mol. The first kappa shape index (κ1) is 22.7. The van der Waals surface area contributed by atoms with Crippen molar-refractivity contribution in [1.29, 1.82) is 0 Å². The van der Waals surface area contributed by atoms with E-state index in [-0.39, 0.29) is 24.5 Å². The molecular formula is C22H33ClN2O3. The minimum Gasteiger partial charge on any atom is -0.447 e. The van der Waals surface area contributed by atoms with Gasteiger partial charge in [-0.25, -0.2) is 4.79 Å². The van der Waals surface area contributed by atoms with E-state index in [0.29, 0.717) is 19.3 Å². The molecule has 156 valence electrons. The highest BCUT2D eigenvalue weighted by Crippen LogP contribution is 2.30. The number of amides is 1. The molecule has 3 rings (SSSR count). The molecule has 1 saturated heterocycles. The van der Waals surface area contributed by atoms with E-state index in [1.165, 1.54) is 18.4 Å². The molecular weight excluding hydrogens is 376 g/mol. The Kier molecular flexibility index (Phi) is 9.29. The van der Waals surface area contributed by atoms with Gasteiger partial charge in [-0.2, -0.15) is 0 Å². The molecule has 0 radical (unpaired) electrons. The molecule has 0 saturated carbocycles. The number of likely N-dealkylation sites (tertiary alicyclic amines) is 1. The van der Waals surface area contributed by atoms with Crippen molar-refractivity contribution in [3.63, 3.8) is 0 Å². The molecule has 6 heteroatoms. The first-order valence-electron chi connectivity index (χ1n) is 10.0. The SMILES string of the molecule is COCCOC(=O)N(C)C1CCN(C(Cc2ccccc2)C2=CCC2)CC1.Cl. The van der Waals surface area contributed by atoms with Crippen LogP contribution in [0.5, 0.6) is 0 Å². The van der Waals surface area contributed by atoms with Gasteiger partial charge < -0.3 is 14.4 Å². The first-order valence-corrected chi connectivity index (χ1v) is 10.0. The molecule has 1 amide bonds. The molecule has 0 bridgehead atoms. The zero-order valence-electron chi connectivity index (χ0n) is 17.0. The molecule has 1 aliphatic carbocycles. The van der Waals surface area contributed by atoms with Crippen molar-refractivity contribution in [1.82, 2.24) is 9.80 Å². The summed E-state index contributed by atoms with van der Waals surface area (Å²) in [5.74, 6) is 0. The molecule has 1 fully saturated rings. The summed E-state index contributed by atoms with van der Waals surface area (Å²) in [7, 11) is 3.46. The van der Waals surface area contributed by atoms with Gasteiger partial charge in [0.25, 0.3) is 0 Å². The van der Waals surface area contributed by atoms with Crippen molar-refractivity contribution in [3.05, 3.63) is 47.5 Å². The van der Waals surface area contributed by atoms with Gasteiger partial charge in [-0.1, -0.05) is 42.0 Å². The van der Waals surface area contributed by atoms with E-state index in [0.717, 1.165) is 32.4 Å². The summed E-state index contributed by atoms with van der Waals surface area (Å²) in [4.78, 5) is 16.5. The first-order chi connectivity index (χ1) is 13.2. The molecule has 1 atom stereocenters. The van der Waals surface area contributed by atoms with Crippen molar-refractivity contribution >= 4 is 18.5 Å². The maximum absolute atomic E-state index is 12.2. The number of methoxy groups -OCH3 is 1. The minimum atomic E-state index is -0.243. The number of nitrogens with zero attached hydrogens (tertiary/aromatic N) is 2. The van der Waals surface area contributed by atoms with Crippen LogP contribution < -0.4 is 0 Å². The lowest BCUT2D eigenvalue weighted by Gasteiger charge is -2.42. The van der Waals surface area contributed by atoms with Crippen LogP contribution in [0.3, 0.4) is 0 Å². The molecule has 28 heavy (non-hydrogen) atoms. The summed E-state index contributed by atoms with van der Waals surface area (Å²) in [6.45, 7) is 2.80. The number of carbonyl (C=O) groups is 1. The molecule has 5 nitrogen and oxygen atoms in total. The number of ether oxygens (including phenoxy) is 2. The molecule has 0 N–H and O–H groups in total. The number of benzene rings is 1. The van der Waals surface area contributed by atoms with Gasteiger partial charge in [0.1, 0.15) is 6.61 Å². The fourth-order valence-electron chi connectivity index (χ4n) is 3.99. The highest BCUT2D eigenvalue weighted by Gasteiger charge is 2.31. The topological polar surface area (TPSA) is 42.0 Å². The van der Waals surface area contributed by atoms with E-state index >= 15 is 0 Å². The number of allylic oxidation sites excluding steroid dienone is 1. The Labute approximate surface area is 175 Å². The molecule has 0 aromatic heterocycles. The number of piperidine rings is 1. The predicted molar refractivity (Wildman–Crippen MR) is 114 cm³/mol. The van der Waals surface area contributed by atoms with Gasteiger partial charge in [0.05, 0.1) is 6.61 Å². The highest BCUT2D eigenvalue weighted by molar-refractivity contribution is 5.85. The van der Waals surface area contributed by atoms with Crippen molar-refractivity contribution in [2.45, 2.75) is 44.2 Å². The van der Waals surface area contributed by atoms with Gasteiger partial charge in [-0.05, 0) is 37.7 Å². The van der Waals surface area contributed by atoms with Crippen molar-refractivity contribution in [3.8, 4) is 0 Å². The lowest BCUT2D eigenvalue weighted by Crippen LogP contribution is -2.50. The third-order valence-electron chi connectivity index (χ3n) is 5.83. The number of hydrogen-bond acceptors (Lipinski definition) is 4. The van der Waals surface area contributed by atoms with Gasteiger partial charge in [0.2, 0.25) is 0 Å². The summed E-state index contributed by atoms with van der Waals surface area (Å²) < 4.78 is 10.2. The van der Waals surface area contributed by atoms with Crippen LogP contribution in [-0.4, -0.2) is 68.4 Å². The summed E-state index contributed by atoms with van der Waals surface area (Å²) in [5, 5.41) is 0. The number of carbonyl (C=O) groups excluding carboxylic acids is 1. The fraction of sp³-hybridized carbons (Fsp3) is 0.591. The Hall–Kier alpha value is -1.56. The van der Waals surface area contributed by atoms with Crippen LogP contribution in [0.25, 0.3) is 0 Å². The zero-order chi connectivity index (χ0) is 19.1. The van der Waals surface area contributed by atoms with Gasteiger partial charge in [-0.3, -0.25) is 4.90 Å². The van der Waals surface area contributed by atoms with E-state index in [4.69, 9.17) is 9.47 Å². The maximum atomic E-state index is 12.2. The Bertz CT molecular complexity index is 630. The molecule has 2 aliphatic rings. The number of halogens is 1. The normalized spacial score (nSPS) is 18.4. The Morgan fingerprint density at radius 1 is 1.21 bits per heavy atom. The molecule has 0 spiro atoms. The Morgan fingerprint density at radius 3 is 2.46 bits per heavy atom. The van der Waals surface area contributed by atoms with Gasteiger partial charge in [0.15, 0.2) is 0 Å². The molecule has 1 unspecified atom stereocenters. The van der Waals surface area contributed by atoms with Crippen LogP contribution in [0.15, 0.2) is 42.0 Å². The third-order valence-corrected chi connectivity index (χ3v) is 5.83. The molecule has 1 aromatic carbocycles. The standard InChI is InChI=1S/C22H32N2O3.ClH/c1-23(22(25)27-16-15-26-2)20-11-13-24(14-12-20)21(19-9-6-10-19)17-18-7-4-3-5-8-18;/h3-5,7-9,20-21H,6,10-17H2,1-2H3;1H. The third kappa shape index (κ3) is 5.97. The Morgan fingerprint density at radius 2 is 1.89 bits per heavy atom. The van der Waals surface area contributed by atoms with Crippen LogP contribution in [0.2, 0.25) is 0 Å². The summed E-state index contributed by atoms with van der Waals surface area (Å²) in [5.41, 5.74) is 2.99. The molecule has 1 aromatic rings. The van der Waals surface area contributed by atoms with E-state index in [2.05, 4.69) is 41.3 Å². The minimum absolute atomic E-state index is 0. The van der Waals surface area contributed by atoms with Crippen LogP contribution >= 0.6 is 12.4 Å². The van der Waals surface area contributed by atoms with Crippen molar-refractivity contribution < 1.29 is 14.3 Å². The second kappa shape index (κ2) is 11.4. The van der Waals surface area contributed by atoms with Crippen LogP contribution in [0.4, 0.5) is 4.79 Å². The van der Waals surface area contributed by atoms with Gasteiger partial charge in [-0.15, -0.1) is 12.4 Å². The van der Waals surface area contributed by atoms with Gasteiger partial charge >= 0.3 is 6.09 Å². The second-order valence-electron chi connectivity index (χ2n) is 7.51. The van der Waals surface area contributed by atoms with E-state index in [9.17, 15) is 4.79 Å². The van der Waals surface area contributed by atoms with E-state index in [1.54, 1.807) is 17.6 Å². The summed E-state index contributed by atoms with van der Waals surface area (Å²) >= 11 is 0. The van der Waals surface area contributed by atoms with E-state index < -0.39 is 0 Å². The fourth-order valence-corrected chi connectivity index (χ4v) is 3.99. The van der Waals surface area contributed by atoms with Gasteiger partial charge in [0, 0.05) is 39.3 Å². The predicted octanol–water partition coefficient (Wildman–Crippen LogP) is 3.92. The Balaban J connectivity index is 0.00000280. The van der Waals surface area contributed by atoms with Crippen LogP contribution in [0, 0.1) is 0 Å². The largest absolute Gasteiger partial charge is 0.447 e. The van der Waals surface area contributed by atoms with Crippen LogP contribution in [-0.2, 0) is 15.9 Å².